The zero-order valence-corrected chi connectivity index (χ0v) is 50.7. The van der Waals surface area contributed by atoms with Gasteiger partial charge in [-0.05, 0) is 153 Å². The van der Waals surface area contributed by atoms with Crippen LogP contribution in [0.1, 0.15) is 0 Å². The van der Waals surface area contributed by atoms with E-state index < -0.39 is 8.07 Å². The molecule has 0 fully saturated rings. The van der Waals surface area contributed by atoms with Gasteiger partial charge < -0.3 is 34.0 Å². The molecule has 0 spiro atoms. The first-order valence-corrected chi connectivity index (χ1v) is 34.1. The Kier molecular flexibility index (Phi) is 11.8. The van der Waals surface area contributed by atoms with Crippen molar-refractivity contribution in [3.05, 3.63) is 309 Å². The van der Waals surface area contributed by atoms with Gasteiger partial charge in [0.1, 0.15) is 31.1 Å². The van der Waals surface area contributed by atoms with Crippen molar-refractivity contribution < 1.29 is 9.47 Å². The van der Waals surface area contributed by atoms with Crippen LogP contribution >= 0.6 is 0 Å². The Balaban J connectivity index is 0.925. The fourth-order valence-electron chi connectivity index (χ4n) is 15.2. The number of fused-ring (bicyclic) bond motifs is 11. The van der Waals surface area contributed by atoms with E-state index in [1.54, 1.807) is 0 Å². The summed E-state index contributed by atoms with van der Waals surface area (Å²) in [6.07, 6.45) is 0. The van der Waals surface area contributed by atoms with Crippen molar-refractivity contribution in [2.24, 2.45) is 0 Å². The fourth-order valence-corrected chi connectivity index (χ4v) is 18.5. The summed E-state index contributed by atoms with van der Waals surface area (Å²) in [5.74, 6) is 3.42. The maximum atomic E-state index is 7.96. The number of nitrogens with zero attached hydrogens (tertiary/aromatic N) is 5. The van der Waals surface area contributed by atoms with Crippen LogP contribution in [0.25, 0.3) is 0 Å². The molecule has 7 nitrogen and oxygen atoms in total. The predicted octanol–water partition coefficient (Wildman–Crippen LogP) is 16.0. The van der Waals surface area contributed by atoms with E-state index >= 15 is 0 Å². The lowest BCUT2D eigenvalue weighted by atomic mass is 9.31. The molecule has 5 aliphatic rings. The van der Waals surface area contributed by atoms with Gasteiger partial charge in [-0.2, -0.15) is 0 Å². The average molecular weight is 1170 g/mol. The van der Waals surface area contributed by atoms with Crippen molar-refractivity contribution in [2.45, 2.75) is 13.1 Å². The minimum atomic E-state index is -2.57. The Labute approximate surface area is 526 Å². The van der Waals surface area contributed by atoms with Crippen molar-refractivity contribution in [3.8, 4) is 23.0 Å². The van der Waals surface area contributed by atoms with E-state index in [0.29, 0.717) is 0 Å². The highest BCUT2D eigenvalue weighted by Gasteiger charge is 2.50. The monoisotopic (exact) mass is 1170 g/mol. The molecule has 0 unspecified atom stereocenters. The Morgan fingerprint density at radius 1 is 0.289 bits per heavy atom. The van der Waals surface area contributed by atoms with Crippen LogP contribution < -0.4 is 77.1 Å². The van der Waals surface area contributed by atoms with Crippen LogP contribution in [-0.4, -0.2) is 21.5 Å². The molecule has 0 atom stereocenters. The molecule has 0 saturated heterocycles. The van der Waals surface area contributed by atoms with Crippen molar-refractivity contribution in [1.29, 1.82) is 0 Å². The zero-order chi connectivity index (χ0) is 59.6. The van der Waals surface area contributed by atoms with Crippen LogP contribution in [0.2, 0.25) is 13.1 Å². The van der Waals surface area contributed by atoms with E-state index in [4.69, 9.17) is 9.47 Å². The second kappa shape index (κ2) is 20.5. The molecule has 90 heavy (non-hydrogen) atoms. The molecule has 0 saturated carbocycles. The van der Waals surface area contributed by atoms with Gasteiger partial charge in [-0.1, -0.05) is 189 Å². The number of benzene rings is 13. The van der Waals surface area contributed by atoms with Gasteiger partial charge in [-0.25, -0.2) is 0 Å². The van der Waals surface area contributed by atoms with Gasteiger partial charge in [0.15, 0.2) is 0 Å². The second-order valence-corrected chi connectivity index (χ2v) is 28.7. The predicted molar refractivity (Wildman–Crippen MR) is 379 cm³/mol. The smallest absolute Gasteiger partial charge is 0.256 e. The molecular weight excluding hydrogens is 1110 g/mol. The number of ether oxygens (including phenoxy) is 2. The minimum absolute atomic E-state index is 0.194. The molecule has 0 N–H and O–H groups in total. The summed E-state index contributed by atoms with van der Waals surface area (Å²) >= 11 is 0. The Morgan fingerprint density at radius 3 is 1.21 bits per heavy atom. The highest BCUT2D eigenvalue weighted by atomic mass is 28.3. The van der Waals surface area contributed by atoms with Gasteiger partial charge in [0.05, 0.1) is 11.4 Å². The van der Waals surface area contributed by atoms with Crippen LogP contribution in [0, 0.1) is 0 Å². The second-order valence-electron chi connectivity index (χ2n) is 24.4. The molecule has 0 aromatic heterocycles. The molecule has 5 heterocycles. The molecule has 424 valence electrons. The quantitative estimate of drug-likeness (QED) is 0.133. The maximum absolute atomic E-state index is 7.96. The third kappa shape index (κ3) is 7.94. The lowest BCUT2D eigenvalue weighted by Gasteiger charge is -2.46. The van der Waals surface area contributed by atoms with Gasteiger partial charge >= 0.3 is 0 Å². The standard InChI is InChI=1S/C80H57B2N5O2Si/c1-90(2)76-45-27-26-44-68(76)86(59-38-20-8-21-39-59)69-47-46-64-79(80(69)90)89-75-51-62(84(56-32-14-5-15-33-56)57-34-16-6-17-35-57)49-72-78(75)82(64)65-52-66-73(53-70(65)87(72)60-40-22-9-23-41-60)88-74-50-61(83(54-28-10-3-11-29-54)55-30-12-4-13-31-55)48-71-77(74)81(66)63-42-24-25-43-67(63)85(71)58-36-18-7-19-37-58/h3-53H,1-2H3. The van der Waals surface area contributed by atoms with Crippen molar-refractivity contribution in [1.82, 2.24) is 0 Å². The normalized spacial score (nSPS) is 13.8. The Hall–Kier alpha value is -11.2. The summed E-state index contributed by atoms with van der Waals surface area (Å²) < 4.78 is 15.7. The molecule has 10 heteroatoms. The van der Waals surface area contributed by atoms with E-state index in [1.165, 1.54) is 27.0 Å². The maximum Gasteiger partial charge on any atom is 0.256 e. The lowest BCUT2D eigenvalue weighted by Crippen LogP contribution is -2.65. The van der Waals surface area contributed by atoms with Gasteiger partial charge in [0.25, 0.3) is 13.4 Å². The molecule has 0 amide bonds. The molecule has 5 aliphatic heterocycles. The fraction of sp³-hybridized carbons (Fsp3) is 0.0250. The summed E-state index contributed by atoms with van der Waals surface area (Å²) in [5.41, 5.74) is 23.0. The van der Waals surface area contributed by atoms with Crippen molar-refractivity contribution in [3.63, 3.8) is 0 Å². The van der Waals surface area contributed by atoms with Crippen LogP contribution in [0.15, 0.2) is 309 Å². The van der Waals surface area contributed by atoms with E-state index in [0.717, 1.165) is 124 Å². The molecular formula is C80H57B2N5O2Si. The SMILES string of the molecule is C[Si]1(C)c2ccccc2N(c2ccccc2)c2ccc3c(c21)Oc1cc(N(c2ccccc2)c2ccccc2)cc2c1B3c1cc3c(cc1N2c1ccccc1)Oc1cc(N(c2ccccc2)c2ccccc2)cc2c1B3c1ccccc1N2c1ccccc1. The van der Waals surface area contributed by atoms with Crippen molar-refractivity contribution in [2.75, 3.05) is 24.5 Å². The summed E-state index contributed by atoms with van der Waals surface area (Å²) in [4.78, 5) is 12.1. The van der Waals surface area contributed by atoms with Crippen LogP contribution in [0.4, 0.5) is 85.3 Å². The zero-order valence-electron chi connectivity index (χ0n) is 49.7. The van der Waals surface area contributed by atoms with Gasteiger partial charge in [0, 0.05) is 97.3 Å². The summed E-state index contributed by atoms with van der Waals surface area (Å²) in [6, 6.07) is 112. The molecule has 18 rings (SSSR count). The molecule has 0 bridgehead atoms. The van der Waals surface area contributed by atoms with Crippen LogP contribution in [0.5, 0.6) is 23.0 Å². The third-order valence-corrected chi connectivity index (χ3v) is 22.5. The third-order valence-electron chi connectivity index (χ3n) is 19.0. The van der Waals surface area contributed by atoms with Gasteiger partial charge in [0.2, 0.25) is 0 Å². The topological polar surface area (TPSA) is 34.7 Å². The van der Waals surface area contributed by atoms with Gasteiger partial charge in [-0.15, -0.1) is 0 Å². The lowest BCUT2D eigenvalue weighted by molar-refractivity contribution is 0.488. The van der Waals surface area contributed by atoms with Gasteiger partial charge in [-0.3, -0.25) is 0 Å². The summed E-state index contributed by atoms with van der Waals surface area (Å²) in [5, 5.41) is 2.66. The molecule has 0 aliphatic carbocycles. The minimum Gasteiger partial charge on any atom is -0.458 e. The van der Waals surface area contributed by atoms with E-state index in [-0.39, 0.29) is 13.4 Å². The number of para-hydroxylation sites is 9. The number of hydrogen-bond acceptors (Lipinski definition) is 7. The first-order chi connectivity index (χ1) is 44.4. The number of anilines is 15. The Bertz CT molecular complexity index is 4890. The molecule has 13 aromatic rings. The molecule has 0 radical (unpaired) electrons. The first kappa shape index (κ1) is 52.0. The largest absolute Gasteiger partial charge is 0.458 e. The van der Waals surface area contributed by atoms with E-state index in [9.17, 15) is 0 Å². The van der Waals surface area contributed by atoms with E-state index in [2.05, 4.69) is 347 Å². The Morgan fingerprint density at radius 2 is 0.700 bits per heavy atom. The van der Waals surface area contributed by atoms with Crippen LogP contribution in [-0.2, 0) is 0 Å². The highest BCUT2D eigenvalue weighted by molar-refractivity contribution is 7.05. The highest BCUT2D eigenvalue weighted by Crippen LogP contribution is 2.51. The first-order valence-electron chi connectivity index (χ1n) is 31.1. The van der Waals surface area contributed by atoms with Crippen LogP contribution in [0.3, 0.4) is 0 Å². The van der Waals surface area contributed by atoms with E-state index in [1.807, 2.05) is 0 Å². The summed E-state index contributed by atoms with van der Waals surface area (Å²) in [7, 11) is -2.57. The molecule has 13 aromatic carbocycles. The average Bonchev–Trinajstić information content (AvgIpc) is 0.698. The summed E-state index contributed by atoms with van der Waals surface area (Å²) in [6.45, 7) is 4.58. The number of hydrogen-bond donors (Lipinski definition) is 0. The number of rotatable bonds is 9. The van der Waals surface area contributed by atoms with Crippen molar-refractivity contribution >= 4 is 150 Å².